The smallest absolute Gasteiger partial charge is 0.227 e. The van der Waals surface area contributed by atoms with Gasteiger partial charge in [-0.2, -0.15) is 0 Å². The van der Waals surface area contributed by atoms with E-state index in [4.69, 9.17) is 4.74 Å². The van der Waals surface area contributed by atoms with Crippen LogP contribution in [0.15, 0.2) is 24.3 Å². The van der Waals surface area contributed by atoms with Crippen molar-refractivity contribution in [2.45, 2.75) is 25.9 Å². The molecule has 2 rings (SSSR count). The standard InChI is InChI=1S/C14H19NO3/c1-14(2)10-15(7-8-18-14)13(17)9-11-5-3-4-6-12(11)16/h3-6,16H,7-10H2,1-2H3. The van der Waals surface area contributed by atoms with Crippen molar-refractivity contribution >= 4 is 5.91 Å². The van der Waals surface area contributed by atoms with Gasteiger partial charge in [0, 0.05) is 18.7 Å². The third-order valence-electron chi connectivity index (χ3n) is 3.11. The minimum absolute atomic E-state index is 0.0351. The van der Waals surface area contributed by atoms with Crippen LogP contribution in [0, 0.1) is 0 Å². The first-order chi connectivity index (χ1) is 8.48. The Hall–Kier alpha value is -1.55. The van der Waals surface area contributed by atoms with E-state index in [2.05, 4.69) is 0 Å². The first-order valence-corrected chi connectivity index (χ1v) is 6.16. The molecular formula is C14H19NO3. The number of phenols is 1. The molecule has 1 aromatic carbocycles. The van der Waals surface area contributed by atoms with Crippen molar-refractivity contribution in [3.63, 3.8) is 0 Å². The van der Waals surface area contributed by atoms with E-state index in [-0.39, 0.29) is 23.7 Å². The zero-order chi connectivity index (χ0) is 13.2. The maximum absolute atomic E-state index is 12.2. The van der Waals surface area contributed by atoms with Gasteiger partial charge in [0.25, 0.3) is 0 Å². The number of rotatable bonds is 2. The predicted octanol–water partition coefficient (Wildman–Crippen LogP) is 1.57. The van der Waals surface area contributed by atoms with Crippen molar-refractivity contribution in [1.82, 2.24) is 4.90 Å². The molecule has 1 fully saturated rings. The Balaban J connectivity index is 2.02. The molecule has 0 radical (unpaired) electrons. The molecule has 4 nitrogen and oxygen atoms in total. The second kappa shape index (κ2) is 4.98. The number of hydrogen-bond acceptors (Lipinski definition) is 3. The number of ether oxygens (including phenoxy) is 1. The number of nitrogens with zero attached hydrogens (tertiary/aromatic N) is 1. The lowest BCUT2D eigenvalue weighted by atomic mass is 10.1. The molecule has 1 saturated heterocycles. The molecule has 0 spiro atoms. The van der Waals surface area contributed by atoms with Gasteiger partial charge in [-0.05, 0) is 19.9 Å². The van der Waals surface area contributed by atoms with E-state index < -0.39 is 0 Å². The average molecular weight is 249 g/mol. The van der Waals surface area contributed by atoms with Gasteiger partial charge < -0.3 is 14.7 Å². The van der Waals surface area contributed by atoms with E-state index >= 15 is 0 Å². The average Bonchev–Trinajstić information content (AvgIpc) is 2.31. The fraction of sp³-hybridized carbons (Fsp3) is 0.500. The summed E-state index contributed by atoms with van der Waals surface area (Å²) in [5.74, 6) is 0.214. The van der Waals surface area contributed by atoms with Crippen LogP contribution < -0.4 is 0 Å². The number of hydrogen-bond donors (Lipinski definition) is 1. The lowest BCUT2D eigenvalue weighted by Crippen LogP contribution is -2.51. The quantitative estimate of drug-likeness (QED) is 0.865. The molecule has 0 bridgehead atoms. The number of amides is 1. The number of benzene rings is 1. The summed E-state index contributed by atoms with van der Waals surface area (Å²) in [5, 5.41) is 9.67. The highest BCUT2D eigenvalue weighted by atomic mass is 16.5. The number of aromatic hydroxyl groups is 1. The summed E-state index contributed by atoms with van der Waals surface area (Å²) >= 11 is 0. The maximum Gasteiger partial charge on any atom is 0.227 e. The highest BCUT2D eigenvalue weighted by molar-refractivity contribution is 5.79. The second-order valence-corrected chi connectivity index (χ2v) is 5.23. The zero-order valence-electron chi connectivity index (χ0n) is 10.8. The van der Waals surface area contributed by atoms with E-state index in [0.717, 1.165) is 0 Å². The van der Waals surface area contributed by atoms with Gasteiger partial charge in [-0.1, -0.05) is 18.2 Å². The molecule has 1 aromatic rings. The molecule has 1 amide bonds. The molecule has 1 heterocycles. The van der Waals surface area contributed by atoms with Gasteiger partial charge in [0.15, 0.2) is 0 Å². The van der Waals surface area contributed by atoms with Gasteiger partial charge in [0.05, 0.1) is 18.6 Å². The molecule has 1 aliphatic rings. The molecule has 18 heavy (non-hydrogen) atoms. The van der Waals surface area contributed by atoms with Crippen molar-refractivity contribution in [2.24, 2.45) is 0 Å². The number of para-hydroxylation sites is 1. The fourth-order valence-corrected chi connectivity index (χ4v) is 2.16. The summed E-state index contributed by atoms with van der Waals surface area (Å²) in [5.41, 5.74) is 0.388. The van der Waals surface area contributed by atoms with E-state index in [1.807, 2.05) is 19.9 Å². The van der Waals surface area contributed by atoms with Crippen molar-refractivity contribution in [3.8, 4) is 5.75 Å². The number of carbonyl (C=O) groups is 1. The lowest BCUT2D eigenvalue weighted by Gasteiger charge is -2.38. The third kappa shape index (κ3) is 3.01. The van der Waals surface area contributed by atoms with E-state index in [9.17, 15) is 9.90 Å². The highest BCUT2D eigenvalue weighted by Gasteiger charge is 2.29. The summed E-state index contributed by atoms with van der Waals surface area (Å²) in [6, 6.07) is 6.96. The van der Waals surface area contributed by atoms with Gasteiger partial charge >= 0.3 is 0 Å². The minimum atomic E-state index is -0.285. The van der Waals surface area contributed by atoms with Crippen LogP contribution in [0.2, 0.25) is 0 Å². The molecule has 0 aromatic heterocycles. The Morgan fingerprint density at radius 1 is 1.44 bits per heavy atom. The molecule has 0 saturated carbocycles. The molecule has 98 valence electrons. The molecular weight excluding hydrogens is 230 g/mol. The zero-order valence-corrected chi connectivity index (χ0v) is 10.8. The van der Waals surface area contributed by atoms with Gasteiger partial charge in [-0.3, -0.25) is 4.79 Å². The molecule has 0 unspecified atom stereocenters. The highest BCUT2D eigenvalue weighted by Crippen LogP contribution is 2.20. The Bertz CT molecular complexity index is 442. The molecule has 4 heteroatoms. The molecule has 0 aliphatic carbocycles. The van der Waals surface area contributed by atoms with Crippen LogP contribution in [-0.4, -0.2) is 41.2 Å². The Morgan fingerprint density at radius 2 is 2.17 bits per heavy atom. The van der Waals surface area contributed by atoms with Crippen LogP contribution in [0.5, 0.6) is 5.75 Å². The lowest BCUT2D eigenvalue weighted by molar-refractivity contribution is -0.145. The summed E-state index contributed by atoms with van der Waals surface area (Å²) in [4.78, 5) is 14.0. The van der Waals surface area contributed by atoms with Crippen molar-refractivity contribution in [2.75, 3.05) is 19.7 Å². The first-order valence-electron chi connectivity index (χ1n) is 6.16. The van der Waals surface area contributed by atoms with Crippen LogP contribution >= 0.6 is 0 Å². The van der Waals surface area contributed by atoms with E-state index in [1.54, 1.807) is 23.1 Å². The topological polar surface area (TPSA) is 49.8 Å². The van der Waals surface area contributed by atoms with Gasteiger partial charge in [-0.15, -0.1) is 0 Å². The van der Waals surface area contributed by atoms with Gasteiger partial charge in [-0.25, -0.2) is 0 Å². The van der Waals surface area contributed by atoms with Crippen molar-refractivity contribution in [1.29, 1.82) is 0 Å². The van der Waals surface area contributed by atoms with Crippen LogP contribution in [-0.2, 0) is 16.0 Å². The largest absolute Gasteiger partial charge is 0.508 e. The Kier molecular flexibility index (Phi) is 3.57. The minimum Gasteiger partial charge on any atom is -0.508 e. The summed E-state index contributed by atoms with van der Waals surface area (Å²) in [6.45, 7) is 5.74. The van der Waals surface area contributed by atoms with Crippen LogP contribution in [0.3, 0.4) is 0 Å². The van der Waals surface area contributed by atoms with Crippen molar-refractivity contribution in [3.05, 3.63) is 29.8 Å². The van der Waals surface area contributed by atoms with Crippen LogP contribution in [0.25, 0.3) is 0 Å². The van der Waals surface area contributed by atoms with Crippen molar-refractivity contribution < 1.29 is 14.6 Å². The summed E-state index contributed by atoms with van der Waals surface area (Å²) < 4.78 is 5.58. The van der Waals surface area contributed by atoms with Gasteiger partial charge in [0.2, 0.25) is 5.91 Å². The van der Waals surface area contributed by atoms with E-state index in [1.165, 1.54) is 0 Å². The van der Waals surface area contributed by atoms with E-state index in [0.29, 0.717) is 25.3 Å². The summed E-state index contributed by atoms with van der Waals surface area (Å²) in [7, 11) is 0. The second-order valence-electron chi connectivity index (χ2n) is 5.23. The molecule has 1 aliphatic heterocycles. The Labute approximate surface area is 107 Å². The number of carbonyl (C=O) groups excluding carboxylic acids is 1. The number of phenolic OH excluding ortho intramolecular Hbond substituents is 1. The van der Waals surface area contributed by atoms with Crippen LogP contribution in [0.4, 0.5) is 0 Å². The predicted molar refractivity (Wildman–Crippen MR) is 68.4 cm³/mol. The first kappa shape index (κ1) is 12.9. The molecule has 0 atom stereocenters. The SMILES string of the molecule is CC1(C)CN(C(=O)Cc2ccccc2O)CCO1. The maximum atomic E-state index is 12.2. The Morgan fingerprint density at radius 3 is 2.83 bits per heavy atom. The fourth-order valence-electron chi connectivity index (χ4n) is 2.16. The monoisotopic (exact) mass is 249 g/mol. The number of morpholine rings is 1. The molecule has 1 N–H and O–H groups in total. The normalized spacial score (nSPS) is 18.7. The summed E-state index contributed by atoms with van der Waals surface area (Å²) in [6.07, 6.45) is 0.239. The third-order valence-corrected chi connectivity index (χ3v) is 3.11. The van der Waals surface area contributed by atoms with Gasteiger partial charge in [0.1, 0.15) is 5.75 Å². The van der Waals surface area contributed by atoms with Crippen LogP contribution in [0.1, 0.15) is 19.4 Å².